The minimum Gasteiger partial charge on any atom is -0.507 e. The van der Waals surface area contributed by atoms with Gasteiger partial charge in [0.25, 0.3) is 0 Å². The van der Waals surface area contributed by atoms with E-state index in [1.54, 1.807) is 37.3 Å². The van der Waals surface area contributed by atoms with Crippen LogP contribution in [0, 0.1) is 30.6 Å². The summed E-state index contributed by atoms with van der Waals surface area (Å²) in [5.74, 6) is -6.53. The number of aromatic carboxylic acids is 1. The Balaban J connectivity index is 1.36. The fourth-order valence-corrected chi connectivity index (χ4v) is 9.17. The lowest BCUT2D eigenvalue weighted by atomic mass is 9.44. The van der Waals surface area contributed by atoms with E-state index in [0.717, 1.165) is 10.5 Å². The van der Waals surface area contributed by atoms with E-state index < -0.39 is 52.8 Å². The Morgan fingerprint density at radius 2 is 1.52 bits per heavy atom. The molecular formula is C42H33NO7. The second-order valence-electron chi connectivity index (χ2n) is 13.7. The van der Waals surface area contributed by atoms with Crippen LogP contribution in [0.5, 0.6) is 5.75 Å². The molecule has 248 valence electrons. The number of fused-ring (bicyclic) bond motifs is 4. The van der Waals surface area contributed by atoms with Crippen molar-refractivity contribution in [2.75, 3.05) is 4.90 Å². The van der Waals surface area contributed by atoms with Gasteiger partial charge in [-0.15, -0.1) is 0 Å². The highest BCUT2D eigenvalue weighted by molar-refractivity contribution is 6.32. The molecule has 0 radical (unpaired) electrons. The number of carbonyl (C=O) groups excluding carboxylic acids is 4. The average molecular weight is 664 g/mol. The lowest BCUT2D eigenvalue weighted by molar-refractivity contribution is -0.135. The molecule has 6 atom stereocenters. The maximum Gasteiger partial charge on any atom is 0.335 e. The Labute approximate surface area is 288 Å². The predicted octanol–water partition coefficient (Wildman–Crippen LogP) is 6.43. The SMILES string of the molecule is Cc1cccc([C@H]2C3=CC[C@@H]4C(=O)N(c5cccc(C(=O)O)c5)C(=O)[C@@H]4[C@@H]3C[C@H]3C(=O)C(c4ccccc4)=CC(=O)[C@@]23c2ccccc2)c1O. The van der Waals surface area contributed by atoms with Crippen molar-refractivity contribution in [3.8, 4) is 5.75 Å². The summed E-state index contributed by atoms with van der Waals surface area (Å²) in [6, 6.07) is 29.4. The number of allylic oxidation sites excluding steroid dienone is 4. The lowest BCUT2D eigenvalue weighted by Gasteiger charge is -2.55. The number of hydrogen-bond donors (Lipinski definition) is 2. The standard InChI is InChI=1S/C42H33NO7/c1-23-10-8-17-30(37(23)45)36-28-18-19-29-35(40(48)43(39(29)47)27-16-9-13-25(20-27)41(49)50)32(28)21-33-38(46)31(24-11-4-2-5-12-24)22-34(44)42(33,36)26-14-6-3-7-15-26/h2-18,20,22,29,32-33,35-36,45H,19,21H2,1H3,(H,49,50)/t29-,32+,33-,35-,36+,42-/m0/s1. The third-order valence-corrected chi connectivity index (χ3v) is 11.3. The molecule has 50 heavy (non-hydrogen) atoms. The fraction of sp³-hybridized carbons (Fsp3) is 0.214. The Kier molecular flexibility index (Phi) is 7.29. The zero-order valence-electron chi connectivity index (χ0n) is 27.2. The molecule has 0 aromatic heterocycles. The zero-order chi connectivity index (χ0) is 34.9. The van der Waals surface area contributed by atoms with Gasteiger partial charge >= 0.3 is 5.97 Å². The number of ketones is 2. The first-order valence-electron chi connectivity index (χ1n) is 16.8. The third kappa shape index (κ3) is 4.40. The van der Waals surface area contributed by atoms with E-state index in [9.17, 15) is 29.4 Å². The van der Waals surface area contributed by atoms with Crippen LogP contribution in [0.15, 0.2) is 121 Å². The minimum atomic E-state index is -1.45. The molecule has 2 N–H and O–H groups in total. The Morgan fingerprint density at radius 1 is 0.820 bits per heavy atom. The van der Waals surface area contributed by atoms with Gasteiger partial charge in [-0.3, -0.25) is 24.1 Å². The highest BCUT2D eigenvalue weighted by Crippen LogP contribution is 2.64. The largest absolute Gasteiger partial charge is 0.507 e. The normalized spacial score (nSPS) is 27.2. The van der Waals surface area contributed by atoms with E-state index in [-0.39, 0.29) is 41.4 Å². The summed E-state index contributed by atoms with van der Waals surface area (Å²) in [4.78, 5) is 71.5. The van der Waals surface area contributed by atoms with Gasteiger partial charge in [0, 0.05) is 23.0 Å². The van der Waals surface area contributed by atoms with Crippen molar-refractivity contribution in [3.05, 3.63) is 149 Å². The van der Waals surface area contributed by atoms with Crippen LogP contribution in [0.2, 0.25) is 0 Å². The number of hydrogen-bond acceptors (Lipinski definition) is 6. The van der Waals surface area contributed by atoms with Gasteiger partial charge in [-0.2, -0.15) is 0 Å². The number of carbonyl (C=O) groups is 5. The van der Waals surface area contributed by atoms with Gasteiger partial charge in [0.15, 0.2) is 11.6 Å². The number of benzene rings is 4. The predicted molar refractivity (Wildman–Crippen MR) is 185 cm³/mol. The molecule has 3 aliphatic carbocycles. The van der Waals surface area contributed by atoms with Crippen molar-refractivity contribution in [1.82, 2.24) is 0 Å². The molecule has 4 aromatic rings. The van der Waals surface area contributed by atoms with Gasteiger partial charge in [-0.05, 0) is 66.6 Å². The van der Waals surface area contributed by atoms with Crippen LogP contribution in [0.4, 0.5) is 5.69 Å². The molecule has 8 rings (SSSR count). The highest BCUT2D eigenvalue weighted by atomic mass is 16.4. The Hall–Kier alpha value is -5.89. The minimum absolute atomic E-state index is 0.00857. The molecule has 1 aliphatic heterocycles. The van der Waals surface area contributed by atoms with Gasteiger partial charge in [0.1, 0.15) is 5.75 Å². The Morgan fingerprint density at radius 3 is 2.24 bits per heavy atom. The molecule has 2 amide bonds. The number of rotatable bonds is 5. The summed E-state index contributed by atoms with van der Waals surface area (Å²) in [7, 11) is 0. The first-order valence-corrected chi connectivity index (χ1v) is 16.8. The number of nitrogens with zero attached hydrogens (tertiary/aromatic N) is 1. The first kappa shape index (κ1) is 31.4. The molecule has 1 saturated carbocycles. The monoisotopic (exact) mass is 663 g/mol. The number of aromatic hydroxyl groups is 1. The zero-order valence-corrected chi connectivity index (χ0v) is 27.2. The number of amides is 2. The van der Waals surface area contributed by atoms with Crippen molar-refractivity contribution >= 4 is 40.6 Å². The number of phenols is 1. The van der Waals surface area contributed by atoms with Crippen molar-refractivity contribution in [2.24, 2.45) is 23.7 Å². The molecule has 0 unspecified atom stereocenters. The molecular weight excluding hydrogens is 630 g/mol. The van der Waals surface area contributed by atoms with Crippen LogP contribution < -0.4 is 4.90 Å². The molecule has 4 aliphatic rings. The van der Waals surface area contributed by atoms with Crippen molar-refractivity contribution < 1.29 is 34.2 Å². The maximum atomic E-state index is 15.1. The van der Waals surface area contributed by atoms with Crippen LogP contribution in [0.3, 0.4) is 0 Å². The van der Waals surface area contributed by atoms with Crippen LogP contribution in [-0.4, -0.2) is 39.6 Å². The third-order valence-electron chi connectivity index (χ3n) is 11.3. The van der Waals surface area contributed by atoms with E-state index in [4.69, 9.17) is 0 Å². The number of imide groups is 1. The summed E-state index contributed by atoms with van der Waals surface area (Å²) in [6.45, 7) is 1.78. The summed E-state index contributed by atoms with van der Waals surface area (Å²) < 4.78 is 0. The van der Waals surface area contributed by atoms with Crippen molar-refractivity contribution in [1.29, 1.82) is 0 Å². The molecule has 1 saturated heterocycles. The van der Waals surface area contributed by atoms with Gasteiger partial charge in [0.05, 0.1) is 28.5 Å². The second-order valence-corrected chi connectivity index (χ2v) is 13.7. The Bertz CT molecular complexity index is 2190. The first-order chi connectivity index (χ1) is 24.1. The number of aryl methyl sites for hydroxylation is 1. The quantitative estimate of drug-likeness (QED) is 0.186. The van der Waals surface area contributed by atoms with E-state index in [1.165, 1.54) is 24.3 Å². The van der Waals surface area contributed by atoms with Gasteiger partial charge < -0.3 is 10.2 Å². The highest BCUT2D eigenvalue weighted by Gasteiger charge is 2.66. The smallest absolute Gasteiger partial charge is 0.335 e. The van der Waals surface area contributed by atoms with Crippen LogP contribution in [0.25, 0.3) is 5.57 Å². The lowest BCUT2D eigenvalue weighted by Crippen LogP contribution is -2.58. The van der Waals surface area contributed by atoms with Crippen LogP contribution >= 0.6 is 0 Å². The van der Waals surface area contributed by atoms with Gasteiger partial charge in [0.2, 0.25) is 11.8 Å². The number of para-hydroxylation sites is 1. The molecule has 4 aromatic carbocycles. The molecule has 0 spiro atoms. The summed E-state index contributed by atoms with van der Waals surface area (Å²) in [5, 5.41) is 21.3. The molecule has 0 bridgehead atoms. The fourth-order valence-electron chi connectivity index (χ4n) is 9.17. The van der Waals surface area contributed by atoms with E-state index in [2.05, 4.69) is 0 Å². The van der Waals surface area contributed by atoms with E-state index in [0.29, 0.717) is 27.8 Å². The van der Waals surface area contributed by atoms with E-state index >= 15 is 4.79 Å². The maximum absolute atomic E-state index is 15.1. The molecule has 8 heteroatoms. The van der Waals surface area contributed by atoms with E-state index in [1.807, 2.05) is 60.7 Å². The summed E-state index contributed by atoms with van der Waals surface area (Å²) >= 11 is 0. The topological polar surface area (TPSA) is 129 Å². The number of anilines is 1. The number of carboxylic acid groups (broad SMARTS) is 1. The molecule has 2 fully saturated rings. The van der Waals surface area contributed by atoms with Crippen LogP contribution in [0.1, 0.15) is 51.4 Å². The summed E-state index contributed by atoms with van der Waals surface area (Å²) in [5.41, 5.74) is 2.05. The second kappa shape index (κ2) is 11.6. The summed E-state index contributed by atoms with van der Waals surface area (Å²) in [6.07, 6.45) is 3.73. The van der Waals surface area contributed by atoms with Crippen LogP contribution in [-0.2, 0) is 24.6 Å². The molecule has 8 nitrogen and oxygen atoms in total. The number of phenolic OH excluding ortho intramolecular Hbond substituents is 1. The van der Waals surface area contributed by atoms with Gasteiger partial charge in [-0.1, -0.05) is 96.6 Å². The number of Topliss-reactive ketones (excluding diaryl/α,β-unsaturated/α-hetero) is 1. The molecule has 1 heterocycles. The average Bonchev–Trinajstić information content (AvgIpc) is 3.39. The van der Waals surface area contributed by atoms with Crippen molar-refractivity contribution in [2.45, 2.75) is 31.1 Å². The van der Waals surface area contributed by atoms with Crippen molar-refractivity contribution in [3.63, 3.8) is 0 Å². The van der Waals surface area contributed by atoms with Gasteiger partial charge in [-0.25, -0.2) is 4.79 Å². The number of carboxylic acids is 1.